The Kier molecular flexibility index (Phi) is 6.42. The summed E-state index contributed by atoms with van der Waals surface area (Å²) in [6.45, 7) is 1.36. The lowest BCUT2D eigenvalue weighted by molar-refractivity contribution is -0.137. The van der Waals surface area contributed by atoms with Crippen molar-refractivity contribution in [3.63, 3.8) is 0 Å². The van der Waals surface area contributed by atoms with Gasteiger partial charge in [0, 0.05) is 17.1 Å². The smallest absolute Gasteiger partial charge is 0.384 e. The molecule has 1 aromatic carbocycles. The number of aliphatic hydroxyl groups is 1. The number of amides is 1. The number of aromatic nitrogens is 2. The van der Waals surface area contributed by atoms with E-state index in [1.54, 1.807) is 18.2 Å². The number of pyridine rings is 2. The van der Waals surface area contributed by atoms with Crippen LogP contribution in [0, 0.1) is 18.8 Å². The lowest BCUT2D eigenvalue weighted by Gasteiger charge is -2.20. The fourth-order valence-electron chi connectivity index (χ4n) is 2.90. The number of aryl methyl sites for hydroxylation is 1. The number of hydrogen-bond donors (Lipinski definition) is 2. The molecule has 9 heteroatoms. The van der Waals surface area contributed by atoms with Crippen molar-refractivity contribution in [2.24, 2.45) is 0 Å². The quantitative estimate of drug-likeness (QED) is 0.623. The Morgan fingerprint density at radius 2 is 1.97 bits per heavy atom. The number of alkyl halides is 3. The predicted octanol–water partition coefficient (Wildman–Crippen LogP) is 3.18. The highest BCUT2D eigenvalue weighted by Gasteiger charge is 2.30. The minimum atomic E-state index is -4.49. The molecular weight excluding hydrogens is 409 g/mol. The molecule has 0 saturated carbocycles. The minimum Gasteiger partial charge on any atom is -0.384 e. The first-order valence-corrected chi connectivity index (χ1v) is 9.24. The zero-order chi connectivity index (χ0) is 22.6. The lowest BCUT2D eigenvalue weighted by Crippen LogP contribution is -2.31. The molecule has 0 bridgehead atoms. The minimum absolute atomic E-state index is 0.0286. The molecule has 0 fully saturated rings. The van der Waals surface area contributed by atoms with Crippen LogP contribution >= 0.6 is 0 Å². The first-order chi connectivity index (χ1) is 14.7. The molecule has 6 nitrogen and oxygen atoms in total. The molecule has 0 aliphatic heterocycles. The van der Waals surface area contributed by atoms with Crippen LogP contribution in [-0.4, -0.2) is 39.0 Å². The van der Waals surface area contributed by atoms with Gasteiger partial charge >= 0.3 is 6.18 Å². The fraction of sp³-hybridized carbons (Fsp3) is 0.227. The van der Waals surface area contributed by atoms with Gasteiger partial charge in [-0.2, -0.15) is 13.2 Å². The molecule has 31 heavy (non-hydrogen) atoms. The van der Waals surface area contributed by atoms with E-state index >= 15 is 0 Å². The fourth-order valence-corrected chi connectivity index (χ4v) is 2.90. The zero-order valence-electron chi connectivity index (χ0n) is 16.6. The van der Waals surface area contributed by atoms with Crippen molar-refractivity contribution in [2.75, 3.05) is 18.9 Å². The number of anilines is 1. The maximum absolute atomic E-state index is 13.1. The number of rotatable bonds is 4. The molecule has 2 heterocycles. The van der Waals surface area contributed by atoms with Crippen LogP contribution in [0.4, 0.5) is 19.0 Å². The van der Waals surface area contributed by atoms with Crippen LogP contribution in [0.3, 0.4) is 0 Å². The Balaban J connectivity index is 1.89. The number of aliphatic hydroxyl groups excluding tert-OH is 1. The number of carbonyl (C=O) groups is 1. The average Bonchev–Trinajstić information content (AvgIpc) is 2.73. The summed E-state index contributed by atoms with van der Waals surface area (Å²) < 4.78 is 38.3. The van der Waals surface area contributed by atoms with Crippen LogP contribution in [-0.2, 0) is 12.7 Å². The molecule has 0 unspecified atom stereocenters. The first-order valence-electron chi connectivity index (χ1n) is 9.24. The monoisotopic (exact) mass is 428 g/mol. The molecule has 0 aliphatic carbocycles. The van der Waals surface area contributed by atoms with Gasteiger partial charge < -0.3 is 15.7 Å². The van der Waals surface area contributed by atoms with E-state index in [0.717, 1.165) is 23.2 Å². The highest BCUT2D eigenvalue weighted by Crippen LogP contribution is 2.28. The highest BCUT2D eigenvalue weighted by molar-refractivity contribution is 5.98. The van der Waals surface area contributed by atoms with Gasteiger partial charge in [0.05, 0.1) is 29.9 Å². The van der Waals surface area contributed by atoms with Crippen molar-refractivity contribution in [2.45, 2.75) is 19.6 Å². The maximum atomic E-state index is 13.1. The summed E-state index contributed by atoms with van der Waals surface area (Å²) >= 11 is 0. The summed E-state index contributed by atoms with van der Waals surface area (Å²) in [5.74, 6) is 5.15. The highest BCUT2D eigenvalue weighted by atomic mass is 19.4. The van der Waals surface area contributed by atoms with Gasteiger partial charge in [-0.05, 0) is 48.9 Å². The summed E-state index contributed by atoms with van der Waals surface area (Å²) in [6, 6.07) is 8.90. The standard InChI is InChI=1S/C22H19F3N4O2/c1-14-10-16-11-15(4-7-19(16)28-20(14)26)21(31)29(8-2-3-9-30)13-18-6-5-17(12-27-18)22(23,24)25/h4-7,10-12,30H,8-9,13H2,1H3,(H2,26,28). The summed E-state index contributed by atoms with van der Waals surface area (Å²) in [7, 11) is 0. The molecule has 3 aromatic rings. The Morgan fingerprint density at radius 3 is 2.61 bits per heavy atom. The number of hydrogen-bond acceptors (Lipinski definition) is 5. The van der Waals surface area contributed by atoms with Gasteiger partial charge in [0.1, 0.15) is 12.4 Å². The van der Waals surface area contributed by atoms with Crippen LogP contribution in [0.5, 0.6) is 0 Å². The van der Waals surface area contributed by atoms with E-state index in [1.807, 2.05) is 13.0 Å². The van der Waals surface area contributed by atoms with E-state index in [9.17, 15) is 18.0 Å². The van der Waals surface area contributed by atoms with Crippen molar-refractivity contribution in [3.8, 4) is 11.8 Å². The zero-order valence-corrected chi connectivity index (χ0v) is 16.6. The topological polar surface area (TPSA) is 92.3 Å². The molecule has 3 N–H and O–H groups in total. The Morgan fingerprint density at radius 1 is 1.19 bits per heavy atom. The van der Waals surface area contributed by atoms with Crippen LogP contribution in [0.2, 0.25) is 0 Å². The van der Waals surface area contributed by atoms with E-state index in [1.165, 1.54) is 11.0 Å². The molecule has 0 aliphatic rings. The third-order valence-electron chi connectivity index (χ3n) is 4.56. The SMILES string of the molecule is Cc1cc2cc(C(=O)N(CC#CCO)Cc3ccc(C(F)(F)F)cn3)ccc2nc1N. The van der Waals surface area contributed by atoms with E-state index in [2.05, 4.69) is 21.8 Å². The van der Waals surface area contributed by atoms with Gasteiger partial charge in [0.25, 0.3) is 5.91 Å². The van der Waals surface area contributed by atoms with Gasteiger partial charge in [-0.15, -0.1) is 0 Å². The van der Waals surface area contributed by atoms with Gasteiger partial charge in [-0.25, -0.2) is 4.98 Å². The summed E-state index contributed by atoms with van der Waals surface area (Å²) in [4.78, 5) is 22.6. The molecular formula is C22H19F3N4O2. The number of benzene rings is 1. The number of nitrogens with zero attached hydrogens (tertiary/aromatic N) is 3. The van der Waals surface area contributed by atoms with Crippen molar-refractivity contribution in [3.05, 3.63) is 65.0 Å². The summed E-state index contributed by atoms with van der Waals surface area (Å²) in [5.41, 5.74) is 7.00. The van der Waals surface area contributed by atoms with Gasteiger partial charge in [0.2, 0.25) is 0 Å². The molecule has 2 aromatic heterocycles. The Hall–Kier alpha value is -3.64. The van der Waals surface area contributed by atoms with E-state index in [-0.39, 0.29) is 31.3 Å². The lowest BCUT2D eigenvalue weighted by atomic mass is 10.1. The molecule has 1 amide bonds. The largest absolute Gasteiger partial charge is 0.417 e. The molecule has 0 spiro atoms. The van der Waals surface area contributed by atoms with Crippen LogP contribution in [0.15, 0.2) is 42.6 Å². The van der Waals surface area contributed by atoms with Gasteiger partial charge in [-0.1, -0.05) is 11.8 Å². The Labute approximate surface area is 176 Å². The van der Waals surface area contributed by atoms with E-state index in [0.29, 0.717) is 16.9 Å². The number of halogens is 3. The van der Waals surface area contributed by atoms with E-state index < -0.39 is 11.7 Å². The molecule has 160 valence electrons. The van der Waals surface area contributed by atoms with Crippen molar-refractivity contribution < 1.29 is 23.1 Å². The van der Waals surface area contributed by atoms with Crippen LogP contribution in [0.25, 0.3) is 10.9 Å². The molecule has 0 atom stereocenters. The first kappa shape index (κ1) is 22.1. The number of carbonyl (C=O) groups excluding carboxylic acids is 1. The molecule has 0 radical (unpaired) electrons. The number of nitrogen functional groups attached to an aromatic ring is 1. The van der Waals surface area contributed by atoms with Gasteiger partial charge in [0.15, 0.2) is 0 Å². The third-order valence-corrected chi connectivity index (χ3v) is 4.56. The number of fused-ring (bicyclic) bond motifs is 1. The number of nitrogens with two attached hydrogens (primary N) is 1. The second kappa shape index (κ2) is 9.02. The second-order valence-electron chi connectivity index (χ2n) is 6.81. The molecule has 3 rings (SSSR count). The molecule has 0 saturated heterocycles. The van der Waals surface area contributed by atoms with Crippen molar-refractivity contribution in [1.29, 1.82) is 0 Å². The Bertz CT molecular complexity index is 1170. The maximum Gasteiger partial charge on any atom is 0.417 e. The average molecular weight is 428 g/mol. The predicted molar refractivity (Wildman–Crippen MR) is 110 cm³/mol. The van der Waals surface area contributed by atoms with Crippen LogP contribution < -0.4 is 5.73 Å². The van der Waals surface area contributed by atoms with Crippen molar-refractivity contribution >= 4 is 22.6 Å². The normalized spacial score (nSPS) is 11.1. The van der Waals surface area contributed by atoms with E-state index in [4.69, 9.17) is 10.8 Å². The van der Waals surface area contributed by atoms with Crippen LogP contribution in [0.1, 0.15) is 27.2 Å². The third kappa shape index (κ3) is 5.29. The van der Waals surface area contributed by atoms with Gasteiger partial charge in [-0.3, -0.25) is 9.78 Å². The summed E-state index contributed by atoms with van der Waals surface area (Å²) in [6.07, 6.45) is -3.76. The summed E-state index contributed by atoms with van der Waals surface area (Å²) in [5, 5.41) is 9.61. The second-order valence-corrected chi connectivity index (χ2v) is 6.81. The van der Waals surface area contributed by atoms with Crippen molar-refractivity contribution in [1.82, 2.24) is 14.9 Å².